The molecule has 1 aromatic heterocycles. The molecule has 0 saturated carbocycles. The maximum atomic E-state index is 12.6. The minimum Gasteiger partial charge on any atom is -0.356 e. The molecule has 2 heterocycles. The third-order valence-electron chi connectivity index (χ3n) is 3.05. The summed E-state index contributed by atoms with van der Waals surface area (Å²) in [6.07, 6.45) is -0.912. The number of rotatable bonds is 1. The molecule has 1 aromatic rings. The highest BCUT2D eigenvalue weighted by Crippen LogP contribution is 2.31. The van der Waals surface area contributed by atoms with Gasteiger partial charge >= 0.3 is 6.18 Å². The van der Waals surface area contributed by atoms with E-state index in [0.717, 1.165) is 38.1 Å². The number of piperidine rings is 1. The van der Waals surface area contributed by atoms with Crippen LogP contribution in [0.5, 0.6) is 0 Å². The van der Waals surface area contributed by atoms with E-state index in [0.29, 0.717) is 11.7 Å². The first-order valence-corrected chi connectivity index (χ1v) is 5.75. The number of nitrogens with zero attached hydrogens (tertiary/aromatic N) is 2. The molecule has 1 aliphatic heterocycles. The molecule has 1 saturated heterocycles. The number of hydrogen-bond donors (Lipinski definition) is 0. The van der Waals surface area contributed by atoms with Crippen LogP contribution in [0.4, 0.5) is 19.0 Å². The van der Waals surface area contributed by atoms with Crippen LogP contribution < -0.4 is 4.90 Å². The number of alkyl halides is 3. The molecule has 1 fully saturated rings. The smallest absolute Gasteiger partial charge is 0.356 e. The molecule has 1 unspecified atom stereocenters. The fourth-order valence-electron chi connectivity index (χ4n) is 2.17. The quantitative estimate of drug-likeness (QED) is 0.753. The second kappa shape index (κ2) is 4.55. The van der Waals surface area contributed by atoms with Gasteiger partial charge in [-0.05, 0) is 30.9 Å². The predicted molar refractivity (Wildman–Crippen MR) is 59.9 cm³/mol. The Morgan fingerprint density at radius 1 is 1.41 bits per heavy atom. The highest BCUT2D eigenvalue weighted by Gasteiger charge is 2.31. The third-order valence-corrected chi connectivity index (χ3v) is 3.05. The Morgan fingerprint density at radius 2 is 2.18 bits per heavy atom. The Kier molecular flexibility index (Phi) is 3.26. The van der Waals surface area contributed by atoms with Crippen molar-refractivity contribution in [3.8, 4) is 0 Å². The lowest BCUT2D eigenvalue weighted by Crippen LogP contribution is -2.34. The zero-order valence-electron chi connectivity index (χ0n) is 9.67. The van der Waals surface area contributed by atoms with Gasteiger partial charge in [-0.1, -0.05) is 6.92 Å². The van der Waals surface area contributed by atoms with Crippen molar-refractivity contribution >= 4 is 5.82 Å². The fourth-order valence-corrected chi connectivity index (χ4v) is 2.17. The Labute approximate surface area is 98.5 Å². The van der Waals surface area contributed by atoms with Gasteiger partial charge in [0.15, 0.2) is 0 Å². The summed E-state index contributed by atoms with van der Waals surface area (Å²) in [6.45, 7) is 3.69. The summed E-state index contributed by atoms with van der Waals surface area (Å²) in [4.78, 5) is 5.97. The van der Waals surface area contributed by atoms with Gasteiger partial charge in [0.2, 0.25) is 0 Å². The molecule has 17 heavy (non-hydrogen) atoms. The van der Waals surface area contributed by atoms with Gasteiger partial charge in [-0.25, -0.2) is 4.98 Å². The maximum absolute atomic E-state index is 12.6. The average Bonchev–Trinajstić information content (AvgIpc) is 2.28. The standard InChI is InChI=1S/C12H15F3N2/c1-9-3-2-6-17(8-9)11-7-10(4-5-16-11)12(13,14)15/h4-5,7,9H,2-3,6,8H2,1H3. The van der Waals surface area contributed by atoms with Crippen molar-refractivity contribution in [3.63, 3.8) is 0 Å². The van der Waals surface area contributed by atoms with Crippen LogP contribution in [0.1, 0.15) is 25.3 Å². The van der Waals surface area contributed by atoms with Crippen molar-refractivity contribution in [1.29, 1.82) is 0 Å². The van der Waals surface area contributed by atoms with Crippen LogP contribution in [0, 0.1) is 5.92 Å². The summed E-state index contributed by atoms with van der Waals surface area (Å²) < 4.78 is 37.7. The number of hydrogen-bond acceptors (Lipinski definition) is 2. The lowest BCUT2D eigenvalue weighted by Gasteiger charge is -2.32. The molecular formula is C12H15F3N2. The van der Waals surface area contributed by atoms with Crippen molar-refractivity contribution in [1.82, 2.24) is 4.98 Å². The van der Waals surface area contributed by atoms with Gasteiger partial charge in [-0.3, -0.25) is 0 Å². The molecule has 0 amide bonds. The van der Waals surface area contributed by atoms with Gasteiger partial charge in [0.1, 0.15) is 5.82 Å². The van der Waals surface area contributed by atoms with Crippen molar-refractivity contribution < 1.29 is 13.2 Å². The van der Waals surface area contributed by atoms with Gasteiger partial charge in [0.25, 0.3) is 0 Å². The first-order valence-electron chi connectivity index (χ1n) is 5.75. The molecule has 94 valence electrons. The Balaban J connectivity index is 2.21. The lowest BCUT2D eigenvalue weighted by molar-refractivity contribution is -0.137. The largest absolute Gasteiger partial charge is 0.416 e. The predicted octanol–water partition coefficient (Wildman–Crippen LogP) is 3.34. The molecule has 0 spiro atoms. The van der Waals surface area contributed by atoms with Crippen LogP contribution in [-0.2, 0) is 6.18 Å². The zero-order chi connectivity index (χ0) is 12.5. The Bertz CT molecular complexity index is 390. The molecule has 5 heteroatoms. The first kappa shape index (κ1) is 12.2. The Hall–Kier alpha value is -1.26. The highest BCUT2D eigenvalue weighted by atomic mass is 19.4. The zero-order valence-corrected chi connectivity index (χ0v) is 9.67. The monoisotopic (exact) mass is 244 g/mol. The van der Waals surface area contributed by atoms with E-state index in [1.807, 2.05) is 4.90 Å². The fraction of sp³-hybridized carbons (Fsp3) is 0.583. The minimum atomic E-state index is -4.29. The van der Waals surface area contributed by atoms with Gasteiger partial charge < -0.3 is 4.90 Å². The number of pyridine rings is 1. The summed E-state index contributed by atoms with van der Waals surface area (Å²) in [5.74, 6) is 0.950. The van der Waals surface area contributed by atoms with E-state index in [4.69, 9.17) is 0 Å². The number of aromatic nitrogens is 1. The van der Waals surface area contributed by atoms with Crippen molar-refractivity contribution in [2.24, 2.45) is 5.92 Å². The molecule has 0 bridgehead atoms. The number of anilines is 1. The van der Waals surface area contributed by atoms with Crippen LogP contribution in [0.3, 0.4) is 0 Å². The van der Waals surface area contributed by atoms with E-state index in [1.165, 1.54) is 6.20 Å². The van der Waals surface area contributed by atoms with Crippen LogP contribution >= 0.6 is 0 Å². The second-order valence-corrected chi connectivity index (χ2v) is 4.59. The maximum Gasteiger partial charge on any atom is 0.416 e. The van der Waals surface area contributed by atoms with Crippen molar-refractivity contribution in [3.05, 3.63) is 23.9 Å². The normalized spacial score (nSPS) is 21.6. The second-order valence-electron chi connectivity index (χ2n) is 4.59. The summed E-state index contributed by atoms with van der Waals surface area (Å²) in [6, 6.07) is 2.15. The van der Waals surface area contributed by atoms with Crippen molar-refractivity contribution in [2.75, 3.05) is 18.0 Å². The molecular weight excluding hydrogens is 229 g/mol. The Morgan fingerprint density at radius 3 is 2.82 bits per heavy atom. The molecule has 2 rings (SSSR count). The molecule has 0 aliphatic carbocycles. The van der Waals surface area contributed by atoms with Crippen LogP contribution in [0.25, 0.3) is 0 Å². The SMILES string of the molecule is CC1CCCN(c2cc(C(F)(F)F)ccn2)C1. The first-order chi connectivity index (χ1) is 7.97. The van der Waals surface area contributed by atoms with Gasteiger partial charge in [0.05, 0.1) is 5.56 Å². The van der Waals surface area contributed by atoms with E-state index >= 15 is 0 Å². The highest BCUT2D eigenvalue weighted by molar-refractivity contribution is 5.42. The van der Waals surface area contributed by atoms with Gasteiger partial charge in [0, 0.05) is 19.3 Å². The summed E-state index contributed by atoms with van der Waals surface area (Å²) >= 11 is 0. The summed E-state index contributed by atoms with van der Waals surface area (Å²) in [5.41, 5.74) is -0.624. The minimum absolute atomic E-state index is 0.436. The number of halogens is 3. The molecule has 1 aliphatic rings. The molecule has 0 N–H and O–H groups in total. The van der Waals surface area contributed by atoms with E-state index < -0.39 is 11.7 Å². The topological polar surface area (TPSA) is 16.1 Å². The van der Waals surface area contributed by atoms with E-state index in [9.17, 15) is 13.2 Å². The average molecular weight is 244 g/mol. The van der Waals surface area contributed by atoms with Gasteiger partial charge in [-0.15, -0.1) is 0 Å². The van der Waals surface area contributed by atoms with E-state index in [2.05, 4.69) is 11.9 Å². The molecule has 1 atom stereocenters. The third kappa shape index (κ3) is 2.90. The summed E-state index contributed by atoms with van der Waals surface area (Å²) in [7, 11) is 0. The molecule has 2 nitrogen and oxygen atoms in total. The van der Waals surface area contributed by atoms with Crippen LogP contribution in [0.15, 0.2) is 18.3 Å². The lowest BCUT2D eigenvalue weighted by atomic mass is 10.0. The summed E-state index contributed by atoms with van der Waals surface area (Å²) in [5, 5.41) is 0. The molecule has 0 radical (unpaired) electrons. The van der Waals surface area contributed by atoms with Gasteiger partial charge in [-0.2, -0.15) is 13.2 Å². The van der Waals surface area contributed by atoms with Crippen LogP contribution in [0.2, 0.25) is 0 Å². The van der Waals surface area contributed by atoms with E-state index in [-0.39, 0.29) is 0 Å². The van der Waals surface area contributed by atoms with Crippen molar-refractivity contribution in [2.45, 2.75) is 25.9 Å². The van der Waals surface area contributed by atoms with Crippen LogP contribution in [-0.4, -0.2) is 18.1 Å². The van der Waals surface area contributed by atoms with E-state index in [1.54, 1.807) is 0 Å². The molecule has 0 aromatic carbocycles.